The van der Waals surface area contributed by atoms with E-state index in [1.54, 1.807) is 33.7 Å². The van der Waals surface area contributed by atoms with Gasteiger partial charge in [-0.25, -0.2) is 4.98 Å². The quantitative estimate of drug-likeness (QED) is 0.282. The summed E-state index contributed by atoms with van der Waals surface area (Å²) in [5.41, 5.74) is 1.20. The van der Waals surface area contributed by atoms with Crippen LogP contribution in [0.25, 0.3) is 10.9 Å². The van der Waals surface area contributed by atoms with Crippen molar-refractivity contribution in [1.29, 1.82) is 0 Å². The van der Waals surface area contributed by atoms with Crippen molar-refractivity contribution < 1.29 is 4.79 Å². The Morgan fingerprint density at radius 1 is 1.23 bits per heavy atom. The zero-order valence-electron chi connectivity index (χ0n) is 17.0. The second-order valence-corrected chi connectivity index (χ2v) is 8.19. The molecule has 0 bridgehead atoms. The third-order valence-electron chi connectivity index (χ3n) is 4.82. The Hall–Kier alpha value is -2.57. The number of allylic oxidation sites excluding steroid dienone is 1. The SMILES string of the molecule is C=CCn1c(SC(C(=O)N(CC)CC)c2ccccc2)nc2cc(Cl)ccc2c1=O. The van der Waals surface area contributed by atoms with Gasteiger partial charge in [-0.1, -0.05) is 59.8 Å². The summed E-state index contributed by atoms with van der Waals surface area (Å²) in [7, 11) is 0. The molecule has 1 unspecified atom stereocenters. The van der Waals surface area contributed by atoms with Crippen molar-refractivity contribution >= 4 is 40.2 Å². The van der Waals surface area contributed by atoms with E-state index in [-0.39, 0.29) is 11.5 Å². The van der Waals surface area contributed by atoms with Crippen LogP contribution in [0.3, 0.4) is 0 Å². The van der Waals surface area contributed by atoms with Gasteiger partial charge in [0.25, 0.3) is 5.56 Å². The van der Waals surface area contributed by atoms with E-state index in [4.69, 9.17) is 16.6 Å². The summed E-state index contributed by atoms with van der Waals surface area (Å²) in [6.45, 7) is 9.20. The van der Waals surface area contributed by atoms with Crippen LogP contribution in [-0.2, 0) is 11.3 Å². The zero-order valence-corrected chi connectivity index (χ0v) is 18.6. The van der Waals surface area contributed by atoms with E-state index < -0.39 is 5.25 Å². The smallest absolute Gasteiger partial charge is 0.262 e. The van der Waals surface area contributed by atoms with Gasteiger partial charge in [0.05, 0.1) is 10.9 Å². The number of carbonyl (C=O) groups excluding carboxylic acids is 1. The van der Waals surface area contributed by atoms with Gasteiger partial charge in [0.1, 0.15) is 5.25 Å². The summed E-state index contributed by atoms with van der Waals surface area (Å²) >= 11 is 7.40. The Morgan fingerprint density at radius 2 is 1.93 bits per heavy atom. The van der Waals surface area contributed by atoms with Gasteiger partial charge in [0, 0.05) is 24.7 Å². The molecule has 3 rings (SSSR count). The van der Waals surface area contributed by atoms with Crippen molar-refractivity contribution in [2.75, 3.05) is 13.1 Å². The summed E-state index contributed by atoms with van der Waals surface area (Å²) in [6.07, 6.45) is 1.65. The van der Waals surface area contributed by atoms with Crippen molar-refractivity contribution in [1.82, 2.24) is 14.5 Å². The number of likely N-dealkylation sites (N-methyl/N-ethyl adjacent to an activating group) is 1. The number of halogens is 1. The number of benzene rings is 2. The second kappa shape index (κ2) is 9.96. The molecule has 1 heterocycles. The number of amides is 1. The Kier molecular flexibility index (Phi) is 7.34. The predicted molar refractivity (Wildman–Crippen MR) is 124 cm³/mol. The van der Waals surface area contributed by atoms with Gasteiger partial charge in [-0.2, -0.15) is 0 Å². The fourth-order valence-corrected chi connectivity index (χ4v) is 4.61. The first-order valence-electron chi connectivity index (χ1n) is 9.81. The average Bonchev–Trinajstić information content (AvgIpc) is 2.75. The molecule has 0 aliphatic heterocycles. The molecular formula is C23H24ClN3O2S. The van der Waals surface area contributed by atoms with E-state index >= 15 is 0 Å². The van der Waals surface area contributed by atoms with Gasteiger partial charge in [0.2, 0.25) is 5.91 Å². The molecule has 156 valence electrons. The number of thioether (sulfide) groups is 1. The lowest BCUT2D eigenvalue weighted by atomic mass is 10.1. The van der Waals surface area contributed by atoms with Crippen LogP contribution in [0.2, 0.25) is 5.02 Å². The molecule has 0 N–H and O–H groups in total. The molecule has 0 radical (unpaired) electrons. The predicted octanol–water partition coefficient (Wildman–Crippen LogP) is 4.94. The molecule has 1 amide bonds. The summed E-state index contributed by atoms with van der Waals surface area (Å²) in [5, 5.41) is 0.928. The lowest BCUT2D eigenvalue weighted by molar-refractivity contribution is -0.130. The van der Waals surface area contributed by atoms with E-state index in [0.29, 0.717) is 40.7 Å². The van der Waals surface area contributed by atoms with E-state index in [2.05, 4.69) is 6.58 Å². The summed E-state index contributed by atoms with van der Waals surface area (Å²) in [6, 6.07) is 14.6. The highest BCUT2D eigenvalue weighted by Gasteiger charge is 2.28. The minimum absolute atomic E-state index is 0.0122. The lowest BCUT2D eigenvalue weighted by Crippen LogP contribution is -2.34. The van der Waals surface area contributed by atoms with Crippen molar-refractivity contribution in [3.63, 3.8) is 0 Å². The molecule has 1 aromatic heterocycles. The van der Waals surface area contributed by atoms with E-state index in [9.17, 15) is 9.59 Å². The Morgan fingerprint density at radius 3 is 2.57 bits per heavy atom. The van der Waals surface area contributed by atoms with Crippen molar-refractivity contribution in [3.8, 4) is 0 Å². The third-order valence-corrected chi connectivity index (χ3v) is 6.29. The van der Waals surface area contributed by atoms with Gasteiger partial charge in [-0.15, -0.1) is 6.58 Å². The van der Waals surface area contributed by atoms with Crippen LogP contribution in [-0.4, -0.2) is 33.4 Å². The molecule has 7 heteroatoms. The van der Waals surface area contributed by atoms with Gasteiger partial charge < -0.3 is 4.90 Å². The molecular weight excluding hydrogens is 418 g/mol. The van der Waals surface area contributed by atoms with Crippen LogP contribution >= 0.6 is 23.4 Å². The Balaban J connectivity index is 2.15. The molecule has 1 atom stereocenters. The summed E-state index contributed by atoms with van der Waals surface area (Å²) < 4.78 is 1.55. The third kappa shape index (κ3) is 4.60. The molecule has 3 aromatic rings. The van der Waals surface area contributed by atoms with Crippen LogP contribution in [0, 0.1) is 0 Å². The number of hydrogen-bond donors (Lipinski definition) is 0. The molecule has 2 aromatic carbocycles. The van der Waals surface area contributed by atoms with Gasteiger partial charge in [0.15, 0.2) is 5.16 Å². The van der Waals surface area contributed by atoms with Crippen molar-refractivity contribution in [2.45, 2.75) is 30.8 Å². The van der Waals surface area contributed by atoms with Crippen LogP contribution < -0.4 is 5.56 Å². The van der Waals surface area contributed by atoms with E-state index in [1.165, 1.54) is 11.8 Å². The molecule has 0 aliphatic rings. The van der Waals surface area contributed by atoms with Crippen LogP contribution in [0.1, 0.15) is 24.7 Å². The number of fused-ring (bicyclic) bond motifs is 1. The maximum absolute atomic E-state index is 13.3. The number of hydrogen-bond acceptors (Lipinski definition) is 4. The molecule has 0 fully saturated rings. The average molecular weight is 442 g/mol. The number of rotatable bonds is 8. The number of aromatic nitrogens is 2. The normalized spacial score (nSPS) is 12.0. The molecule has 5 nitrogen and oxygen atoms in total. The Labute approximate surface area is 185 Å². The fourth-order valence-electron chi connectivity index (χ4n) is 3.25. The number of carbonyl (C=O) groups is 1. The van der Waals surface area contributed by atoms with Crippen LogP contribution in [0.5, 0.6) is 0 Å². The first-order chi connectivity index (χ1) is 14.5. The molecule has 0 aliphatic carbocycles. The van der Waals surface area contributed by atoms with E-state index in [1.807, 2.05) is 44.2 Å². The second-order valence-electron chi connectivity index (χ2n) is 6.68. The highest BCUT2D eigenvalue weighted by Crippen LogP contribution is 2.36. The Bertz CT molecular complexity index is 1110. The number of nitrogens with zero attached hydrogens (tertiary/aromatic N) is 3. The lowest BCUT2D eigenvalue weighted by Gasteiger charge is -2.25. The van der Waals surface area contributed by atoms with Crippen molar-refractivity contribution in [3.05, 3.63) is 82.1 Å². The minimum Gasteiger partial charge on any atom is -0.342 e. The monoisotopic (exact) mass is 441 g/mol. The van der Waals surface area contributed by atoms with E-state index in [0.717, 1.165) is 5.56 Å². The standard InChI is InChI=1S/C23H24ClN3O2S/c1-4-14-27-21(28)18-13-12-17(24)15-19(18)25-23(27)30-20(16-10-8-7-9-11-16)22(29)26(5-2)6-3/h4,7-13,15,20H,1,5-6,14H2,2-3H3. The van der Waals surface area contributed by atoms with Gasteiger partial charge in [-0.3, -0.25) is 14.2 Å². The summed E-state index contributed by atoms with van der Waals surface area (Å²) in [5.74, 6) is -0.0122. The largest absolute Gasteiger partial charge is 0.342 e. The zero-order chi connectivity index (χ0) is 21.7. The minimum atomic E-state index is -0.523. The molecule has 0 spiro atoms. The molecule has 0 saturated heterocycles. The maximum Gasteiger partial charge on any atom is 0.262 e. The molecule has 0 saturated carbocycles. The first-order valence-corrected chi connectivity index (χ1v) is 11.1. The van der Waals surface area contributed by atoms with Gasteiger partial charge >= 0.3 is 0 Å². The highest BCUT2D eigenvalue weighted by atomic mass is 35.5. The molecule has 30 heavy (non-hydrogen) atoms. The fraction of sp³-hybridized carbons (Fsp3) is 0.261. The first kappa shape index (κ1) is 22.1. The van der Waals surface area contributed by atoms with Crippen LogP contribution in [0.4, 0.5) is 0 Å². The summed E-state index contributed by atoms with van der Waals surface area (Å²) in [4.78, 5) is 32.9. The maximum atomic E-state index is 13.3. The van der Waals surface area contributed by atoms with Crippen LogP contribution in [0.15, 0.2) is 71.1 Å². The highest BCUT2D eigenvalue weighted by molar-refractivity contribution is 8.00. The topological polar surface area (TPSA) is 55.2 Å². The van der Waals surface area contributed by atoms with Crippen molar-refractivity contribution in [2.24, 2.45) is 0 Å². The van der Waals surface area contributed by atoms with Gasteiger partial charge in [-0.05, 0) is 37.6 Å².